The van der Waals surface area contributed by atoms with E-state index in [9.17, 15) is 4.39 Å². The molecule has 108 valence electrons. The number of benzene rings is 1. The van der Waals surface area contributed by atoms with Gasteiger partial charge in [-0.05, 0) is 38.1 Å². The summed E-state index contributed by atoms with van der Waals surface area (Å²) in [6.45, 7) is 5.65. The minimum atomic E-state index is -0.261. The molecule has 1 N–H and O–H groups in total. The van der Waals surface area contributed by atoms with Crippen LogP contribution in [0.5, 0.6) is 0 Å². The number of nitrogens with zero attached hydrogens (tertiary/aromatic N) is 2. The summed E-state index contributed by atoms with van der Waals surface area (Å²) >= 11 is 6.12. The molecule has 2 aromatic rings. The van der Waals surface area contributed by atoms with Crippen molar-refractivity contribution in [3.05, 3.63) is 52.6 Å². The Hall–Kier alpha value is -1.39. The Morgan fingerprint density at radius 2 is 2.15 bits per heavy atom. The van der Waals surface area contributed by atoms with Crippen LogP contribution in [-0.4, -0.2) is 16.3 Å². The quantitative estimate of drug-likeness (QED) is 0.882. The largest absolute Gasteiger partial charge is 0.309 e. The highest BCUT2D eigenvalue weighted by Gasteiger charge is 2.18. The van der Waals surface area contributed by atoms with Gasteiger partial charge in [-0.15, -0.1) is 0 Å². The van der Waals surface area contributed by atoms with Crippen molar-refractivity contribution in [2.75, 3.05) is 6.54 Å². The first kappa shape index (κ1) is 15.0. The fourth-order valence-corrected chi connectivity index (χ4v) is 2.60. The maximum Gasteiger partial charge on any atom is 0.127 e. The van der Waals surface area contributed by atoms with Gasteiger partial charge in [0.2, 0.25) is 0 Å². The molecule has 0 aliphatic heterocycles. The number of hydrogen-bond acceptors (Lipinski definition) is 2. The normalized spacial score (nSPS) is 12.6. The Balaban J connectivity index is 2.30. The molecule has 0 saturated carbocycles. The molecule has 0 aliphatic rings. The molecule has 1 heterocycles. The van der Waals surface area contributed by atoms with Crippen molar-refractivity contribution in [3.8, 4) is 0 Å². The lowest BCUT2D eigenvalue weighted by atomic mass is 10.0. The van der Waals surface area contributed by atoms with Crippen LogP contribution >= 0.6 is 11.6 Å². The molecule has 0 fully saturated rings. The number of rotatable bonds is 6. The molecule has 0 saturated heterocycles. The van der Waals surface area contributed by atoms with Crippen LogP contribution in [0.15, 0.2) is 30.5 Å². The van der Waals surface area contributed by atoms with E-state index in [0.29, 0.717) is 17.0 Å². The van der Waals surface area contributed by atoms with Gasteiger partial charge in [0.15, 0.2) is 0 Å². The van der Waals surface area contributed by atoms with E-state index in [0.717, 1.165) is 18.8 Å². The van der Waals surface area contributed by atoms with E-state index in [-0.39, 0.29) is 11.9 Å². The predicted octanol–water partition coefficient (Wildman–Crippen LogP) is 3.59. The molecule has 0 bridgehead atoms. The van der Waals surface area contributed by atoms with Gasteiger partial charge in [0.25, 0.3) is 0 Å². The van der Waals surface area contributed by atoms with Crippen molar-refractivity contribution in [3.63, 3.8) is 0 Å². The summed E-state index contributed by atoms with van der Waals surface area (Å²) in [5.41, 5.74) is 1.60. The van der Waals surface area contributed by atoms with Crippen molar-refractivity contribution in [2.24, 2.45) is 0 Å². The average molecular weight is 296 g/mol. The maximum atomic E-state index is 13.9. The monoisotopic (exact) mass is 295 g/mol. The molecule has 1 aromatic heterocycles. The molecule has 3 nitrogen and oxygen atoms in total. The van der Waals surface area contributed by atoms with Crippen LogP contribution in [0.25, 0.3) is 0 Å². The summed E-state index contributed by atoms with van der Waals surface area (Å²) in [6, 6.07) is 6.75. The second kappa shape index (κ2) is 6.86. The molecular formula is C15H19ClFN3. The highest BCUT2D eigenvalue weighted by atomic mass is 35.5. The van der Waals surface area contributed by atoms with Crippen LogP contribution in [0.3, 0.4) is 0 Å². The van der Waals surface area contributed by atoms with Gasteiger partial charge in [0.1, 0.15) is 5.82 Å². The van der Waals surface area contributed by atoms with Gasteiger partial charge in [0, 0.05) is 23.3 Å². The fourth-order valence-electron chi connectivity index (χ4n) is 2.36. The minimum Gasteiger partial charge on any atom is -0.309 e. The van der Waals surface area contributed by atoms with Gasteiger partial charge in [0.05, 0.1) is 11.7 Å². The van der Waals surface area contributed by atoms with E-state index in [1.54, 1.807) is 18.3 Å². The van der Waals surface area contributed by atoms with Gasteiger partial charge in [-0.2, -0.15) is 5.10 Å². The van der Waals surface area contributed by atoms with E-state index in [1.807, 2.05) is 24.6 Å². The first-order valence-corrected chi connectivity index (χ1v) is 7.23. The van der Waals surface area contributed by atoms with Gasteiger partial charge in [-0.3, -0.25) is 4.68 Å². The molecule has 5 heteroatoms. The maximum absolute atomic E-state index is 13.9. The van der Waals surface area contributed by atoms with Crippen LogP contribution in [0.4, 0.5) is 4.39 Å². The SMILES string of the molecule is CCNC(Cc1c(F)cccc1Cl)c1ccnn1CC. The summed E-state index contributed by atoms with van der Waals surface area (Å²) in [5.74, 6) is -0.261. The molecular weight excluding hydrogens is 277 g/mol. The van der Waals surface area contributed by atoms with Crippen LogP contribution < -0.4 is 5.32 Å². The summed E-state index contributed by atoms with van der Waals surface area (Å²) in [6.07, 6.45) is 2.27. The molecule has 2 rings (SSSR count). The molecule has 0 radical (unpaired) electrons. The Labute approximate surface area is 123 Å². The van der Waals surface area contributed by atoms with Crippen molar-refractivity contribution < 1.29 is 4.39 Å². The smallest absolute Gasteiger partial charge is 0.127 e. The third-order valence-corrected chi connectivity index (χ3v) is 3.68. The topological polar surface area (TPSA) is 29.9 Å². The zero-order chi connectivity index (χ0) is 14.5. The lowest BCUT2D eigenvalue weighted by molar-refractivity contribution is 0.481. The molecule has 0 spiro atoms. The number of halogens is 2. The van der Waals surface area contributed by atoms with Crippen molar-refractivity contribution in [1.82, 2.24) is 15.1 Å². The van der Waals surface area contributed by atoms with E-state index >= 15 is 0 Å². The van der Waals surface area contributed by atoms with Crippen LogP contribution in [0.2, 0.25) is 5.02 Å². The van der Waals surface area contributed by atoms with Crippen LogP contribution in [0, 0.1) is 5.82 Å². The number of aryl methyl sites for hydroxylation is 1. The van der Waals surface area contributed by atoms with Crippen molar-refractivity contribution in [2.45, 2.75) is 32.9 Å². The zero-order valence-electron chi connectivity index (χ0n) is 11.7. The lowest BCUT2D eigenvalue weighted by Crippen LogP contribution is -2.26. The first-order chi connectivity index (χ1) is 9.67. The fraction of sp³-hybridized carbons (Fsp3) is 0.400. The second-order valence-electron chi connectivity index (χ2n) is 4.59. The average Bonchev–Trinajstić information content (AvgIpc) is 2.90. The van der Waals surface area contributed by atoms with Gasteiger partial charge >= 0.3 is 0 Å². The number of hydrogen-bond donors (Lipinski definition) is 1. The molecule has 20 heavy (non-hydrogen) atoms. The lowest BCUT2D eigenvalue weighted by Gasteiger charge is -2.20. The van der Waals surface area contributed by atoms with E-state index in [4.69, 9.17) is 11.6 Å². The second-order valence-corrected chi connectivity index (χ2v) is 4.99. The molecule has 1 aromatic carbocycles. The van der Waals surface area contributed by atoms with Gasteiger partial charge in [-0.1, -0.05) is 24.6 Å². The zero-order valence-corrected chi connectivity index (χ0v) is 12.5. The van der Waals surface area contributed by atoms with Gasteiger partial charge < -0.3 is 5.32 Å². The molecule has 1 atom stereocenters. The number of likely N-dealkylation sites (N-methyl/N-ethyl adjacent to an activating group) is 1. The van der Waals surface area contributed by atoms with Crippen LogP contribution in [-0.2, 0) is 13.0 Å². The third kappa shape index (κ3) is 3.19. The van der Waals surface area contributed by atoms with E-state index < -0.39 is 0 Å². The van der Waals surface area contributed by atoms with E-state index in [2.05, 4.69) is 10.4 Å². The molecule has 0 amide bonds. The summed E-state index contributed by atoms with van der Waals surface area (Å²) < 4.78 is 15.9. The highest BCUT2D eigenvalue weighted by Crippen LogP contribution is 2.25. The summed E-state index contributed by atoms with van der Waals surface area (Å²) in [7, 11) is 0. The summed E-state index contributed by atoms with van der Waals surface area (Å²) in [5, 5.41) is 8.12. The van der Waals surface area contributed by atoms with E-state index in [1.165, 1.54) is 6.07 Å². The third-order valence-electron chi connectivity index (χ3n) is 3.33. The Morgan fingerprint density at radius 3 is 2.80 bits per heavy atom. The number of aromatic nitrogens is 2. The first-order valence-electron chi connectivity index (χ1n) is 6.85. The molecule has 1 unspecified atom stereocenters. The van der Waals surface area contributed by atoms with Crippen LogP contribution in [0.1, 0.15) is 31.1 Å². The predicted molar refractivity (Wildman–Crippen MR) is 79.4 cm³/mol. The Morgan fingerprint density at radius 1 is 1.35 bits per heavy atom. The number of nitrogens with one attached hydrogen (secondary N) is 1. The highest BCUT2D eigenvalue weighted by molar-refractivity contribution is 6.31. The van der Waals surface area contributed by atoms with Crippen molar-refractivity contribution in [1.29, 1.82) is 0 Å². The minimum absolute atomic E-state index is 0.00292. The Kier molecular flexibility index (Phi) is 5.15. The standard InChI is InChI=1S/C15H19ClFN3/c1-3-18-14(15-8-9-19-20(15)4-2)10-11-12(16)6-5-7-13(11)17/h5-9,14,18H,3-4,10H2,1-2H3. The Bertz CT molecular complexity index is 548. The molecule has 0 aliphatic carbocycles. The van der Waals surface area contributed by atoms with Gasteiger partial charge in [-0.25, -0.2) is 4.39 Å². The summed E-state index contributed by atoms with van der Waals surface area (Å²) in [4.78, 5) is 0. The van der Waals surface area contributed by atoms with Crippen molar-refractivity contribution >= 4 is 11.6 Å².